The quantitative estimate of drug-likeness (QED) is 0.292. The van der Waals surface area contributed by atoms with Crippen LogP contribution in [-0.2, 0) is 12.8 Å². The van der Waals surface area contributed by atoms with Crippen LogP contribution in [-0.4, -0.2) is 31.0 Å². The second-order valence-corrected chi connectivity index (χ2v) is 9.81. The molecule has 4 aromatic rings. The smallest absolute Gasteiger partial charge is 0.180 e. The number of nitrogens with two attached hydrogens (primary N) is 1. The third kappa shape index (κ3) is 6.19. The van der Waals surface area contributed by atoms with Gasteiger partial charge in [0.15, 0.2) is 11.0 Å². The molecule has 0 saturated heterocycles. The number of hydrogen-bond donors (Lipinski definition) is 1. The Morgan fingerprint density at radius 2 is 1.69 bits per heavy atom. The topological polar surface area (TPSA) is 99.7 Å². The molecule has 3 aromatic heterocycles. The molecule has 182 valence electrons. The lowest BCUT2D eigenvalue weighted by Gasteiger charge is -2.19. The van der Waals surface area contributed by atoms with E-state index in [9.17, 15) is 0 Å². The molecule has 4 rings (SSSR count). The SMILES string of the molecule is CCC(CC)Oc1cc(C)c(-c2cc(CCCc3cnc(N)s3)nc(-c3cnccn3)n2)c(C)c1. The van der Waals surface area contributed by atoms with Crippen molar-refractivity contribution in [2.75, 3.05) is 5.73 Å². The molecule has 1 aromatic carbocycles. The van der Waals surface area contributed by atoms with Crippen molar-refractivity contribution in [3.8, 4) is 28.5 Å². The lowest BCUT2D eigenvalue weighted by Crippen LogP contribution is -2.14. The van der Waals surface area contributed by atoms with Crippen molar-refractivity contribution in [3.05, 3.63) is 64.7 Å². The number of aromatic nitrogens is 5. The summed E-state index contributed by atoms with van der Waals surface area (Å²) in [4.78, 5) is 23.7. The van der Waals surface area contributed by atoms with E-state index in [4.69, 9.17) is 20.4 Å². The van der Waals surface area contributed by atoms with Crippen LogP contribution in [0.4, 0.5) is 5.13 Å². The Morgan fingerprint density at radius 1 is 0.914 bits per heavy atom. The minimum atomic E-state index is 0.224. The third-order valence-electron chi connectivity index (χ3n) is 5.97. The van der Waals surface area contributed by atoms with Crippen molar-refractivity contribution in [1.82, 2.24) is 24.9 Å². The first-order valence-corrected chi connectivity index (χ1v) is 12.9. The van der Waals surface area contributed by atoms with Crippen molar-refractivity contribution in [2.24, 2.45) is 0 Å². The van der Waals surface area contributed by atoms with Crippen molar-refractivity contribution < 1.29 is 4.74 Å². The second-order valence-electron chi connectivity index (χ2n) is 8.67. The minimum Gasteiger partial charge on any atom is -0.490 e. The zero-order chi connectivity index (χ0) is 24.8. The van der Waals surface area contributed by atoms with Crippen molar-refractivity contribution in [2.45, 2.75) is 65.9 Å². The Kier molecular flexibility index (Phi) is 8.02. The maximum atomic E-state index is 6.21. The molecule has 0 aliphatic heterocycles. The van der Waals surface area contributed by atoms with Crippen LogP contribution in [0.25, 0.3) is 22.8 Å². The fourth-order valence-corrected chi connectivity index (χ4v) is 4.93. The molecular weight excluding hydrogens is 456 g/mol. The highest BCUT2D eigenvalue weighted by Crippen LogP contribution is 2.32. The fourth-order valence-electron chi connectivity index (χ4n) is 4.21. The first kappa shape index (κ1) is 24.7. The number of hydrogen-bond acceptors (Lipinski definition) is 8. The summed E-state index contributed by atoms with van der Waals surface area (Å²) >= 11 is 1.54. The van der Waals surface area contributed by atoms with Gasteiger partial charge in [-0.15, -0.1) is 11.3 Å². The number of benzene rings is 1. The molecule has 2 N–H and O–H groups in total. The summed E-state index contributed by atoms with van der Waals surface area (Å²) in [6.45, 7) is 8.53. The summed E-state index contributed by atoms with van der Waals surface area (Å²) in [6.07, 6.45) is 11.7. The standard InChI is InChI=1S/C27H32N6OS/c1-5-20(6-2)34-21-12-17(3)25(18(4)13-21)23-14-19(8-7-9-22-15-31-27(28)35-22)32-26(33-23)24-16-29-10-11-30-24/h10-16,20H,5-9H2,1-4H3,(H2,28,31). The molecule has 0 aliphatic rings. The zero-order valence-corrected chi connectivity index (χ0v) is 21.6. The van der Waals surface area contributed by atoms with Crippen LogP contribution in [0.15, 0.2) is 43.0 Å². The molecule has 0 spiro atoms. The van der Waals surface area contributed by atoms with Crippen LogP contribution >= 0.6 is 11.3 Å². The van der Waals surface area contributed by atoms with Crippen LogP contribution in [0.3, 0.4) is 0 Å². The van der Waals surface area contributed by atoms with Gasteiger partial charge in [-0.3, -0.25) is 4.98 Å². The van der Waals surface area contributed by atoms with Crippen LogP contribution < -0.4 is 10.5 Å². The van der Waals surface area contributed by atoms with Gasteiger partial charge in [0.25, 0.3) is 0 Å². The molecule has 8 heteroatoms. The lowest BCUT2D eigenvalue weighted by atomic mass is 9.98. The van der Waals surface area contributed by atoms with E-state index in [1.54, 1.807) is 18.6 Å². The number of rotatable bonds is 10. The zero-order valence-electron chi connectivity index (χ0n) is 20.8. The van der Waals surface area contributed by atoms with E-state index in [0.29, 0.717) is 16.6 Å². The molecule has 7 nitrogen and oxygen atoms in total. The van der Waals surface area contributed by atoms with E-state index in [1.807, 2.05) is 6.20 Å². The summed E-state index contributed by atoms with van der Waals surface area (Å²) < 4.78 is 6.21. The Bertz CT molecular complexity index is 1250. The minimum absolute atomic E-state index is 0.224. The predicted octanol–water partition coefficient (Wildman–Crippen LogP) is 6.00. The van der Waals surface area contributed by atoms with Crippen molar-refractivity contribution in [3.63, 3.8) is 0 Å². The molecule has 0 atom stereocenters. The predicted molar refractivity (Wildman–Crippen MR) is 142 cm³/mol. The van der Waals surface area contributed by atoms with E-state index >= 15 is 0 Å². The number of anilines is 1. The fraction of sp³-hybridized carbons (Fsp3) is 0.370. The highest BCUT2D eigenvalue weighted by Gasteiger charge is 2.16. The summed E-state index contributed by atoms with van der Waals surface area (Å²) in [5, 5.41) is 0.608. The maximum absolute atomic E-state index is 6.21. The largest absolute Gasteiger partial charge is 0.490 e. The van der Waals surface area contributed by atoms with Gasteiger partial charge in [-0.05, 0) is 75.3 Å². The highest BCUT2D eigenvalue weighted by atomic mass is 32.1. The average Bonchev–Trinajstić information content (AvgIpc) is 3.27. The van der Waals surface area contributed by atoms with Crippen LogP contribution in [0, 0.1) is 13.8 Å². The van der Waals surface area contributed by atoms with Gasteiger partial charge in [0, 0.05) is 34.7 Å². The summed E-state index contributed by atoms with van der Waals surface area (Å²) in [6, 6.07) is 6.31. The van der Waals surface area contributed by atoms with Crippen LogP contribution in [0.5, 0.6) is 5.75 Å². The van der Waals surface area contributed by atoms with Crippen LogP contribution in [0.1, 0.15) is 54.8 Å². The van der Waals surface area contributed by atoms with Crippen molar-refractivity contribution in [1.29, 1.82) is 0 Å². The number of ether oxygens (including phenoxy) is 1. The van der Waals surface area contributed by atoms with E-state index < -0.39 is 0 Å². The number of thiazole rings is 1. The number of nitrogen functional groups attached to an aromatic ring is 1. The van der Waals surface area contributed by atoms with Crippen molar-refractivity contribution >= 4 is 16.5 Å². The average molecular weight is 489 g/mol. The molecule has 0 bridgehead atoms. The van der Waals surface area contributed by atoms with E-state index in [0.717, 1.165) is 65.9 Å². The first-order valence-electron chi connectivity index (χ1n) is 12.1. The molecule has 0 saturated carbocycles. The summed E-state index contributed by atoms with van der Waals surface area (Å²) in [5.74, 6) is 1.49. The van der Waals surface area contributed by atoms with Gasteiger partial charge >= 0.3 is 0 Å². The van der Waals surface area contributed by atoms with Gasteiger partial charge in [-0.1, -0.05) is 13.8 Å². The van der Waals surface area contributed by atoms with E-state index in [-0.39, 0.29) is 6.10 Å². The van der Waals surface area contributed by atoms with Gasteiger partial charge < -0.3 is 10.5 Å². The molecule has 0 amide bonds. The van der Waals surface area contributed by atoms with Gasteiger partial charge in [-0.25, -0.2) is 19.9 Å². The number of nitrogens with zero attached hydrogens (tertiary/aromatic N) is 5. The molecule has 0 unspecified atom stereocenters. The van der Waals surface area contributed by atoms with Crippen LogP contribution in [0.2, 0.25) is 0 Å². The Balaban J connectivity index is 1.67. The Morgan fingerprint density at radius 3 is 2.31 bits per heavy atom. The monoisotopic (exact) mass is 488 g/mol. The third-order valence-corrected chi connectivity index (χ3v) is 6.86. The Labute approximate surface area is 210 Å². The van der Waals surface area contributed by atoms with E-state index in [1.165, 1.54) is 16.2 Å². The molecule has 35 heavy (non-hydrogen) atoms. The normalized spacial score (nSPS) is 11.2. The van der Waals surface area contributed by atoms with Gasteiger partial charge in [0.2, 0.25) is 0 Å². The van der Waals surface area contributed by atoms with Gasteiger partial charge in [0.1, 0.15) is 11.4 Å². The molecular formula is C27H32N6OS. The maximum Gasteiger partial charge on any atom is 0.180 e. The molecule has 3 heterocycles. The first-order chi connectivity index (χ1) is 17.0. The van der Waals surface area contributed by atoms with Gasteiger partial charge in [-0.2, -0.15) is 0 Å². The molecule has 0 radical (unpaired) electrons. The highest BCUT2D eigenvalue weighted by molar-refractivity contribution is 7.15. The van der Waals surface area contributed by atoms with Gasteiger partial charge in [0.05, 0.1) is 18.0 Å². The lowest BCUT2D eigenvalue weighted by molar-refractivity contribution is 0.192. The summed E-state index contributed by atoms with van der Waals surface area (Å²) in [5.41, 5.74) is 11.7. The Hall–Kier alpha value is -3.39. The summed E-state index contributed by atoms with van der Waals surface area (Å²) in [7, 11) is 0. The molecule has 0 fully saturated rings. The number of aryl methyl sites for hydroxylation is 4. The molecule has 0 aliphatic carbocycles. The van der Waals surface area contributed by atoms with E-state index in [2.05, 4.69) is 60.8 Å². The second kappa shape index (κ2) is 11.4.